The predicted octanol–water partition coefficient (Wildman–Crippen LogP) is 4.34. The molecule has 2 aromatic heterocycles. The van der Waals surface area contributed by atoms with Gasteiger partial charge in [-0.2, -0.15) is 5.10 Å². The number of aryl methyl sites for hydroxylation is 1. The van der Waals surface area contributed by atoms with Crippen molar-refractivity contribution in [2.45, 2.75) is 71.3 Å². The molecule has 0 aromatic carbocycles. The minimum atomic E-state index is -0.177. The standard InChI is InChI=1S/C22H33N5O.2ClH/c1-14-19-17(21(28)24-11-9-15-6-5-10-23-13-15)12-18(16-7-8-16)25-20(19)27(26-14)22(2,3)4;;/h12,15-16,23H,5-11,13H2,1-4H3,(H,24,28);2*1H. The number of hydrogen-bond donors (Lipinski definition) is 2. The molecule has 168 valence electrons. The van der Waals surface area contributed by atoms with Gasteiger partial charge in [-0.15, -0.1) is 24.8 Å². The van der Waals surface area contributed by atoms with Crippen molar-refractivity contribution in [1.29, 1.82) is 0 Å². The van der Waals surface area contributed by atoms with Crippen molar-refractivity contribution < 1.29 is 4.79 Å². The monoisotopic (exact) mass is 455 g/mol. The molecule has 0 spiro atoms. The molecule has 6 nitrogen and oxygen atoms in total. The molecule has 1 aliphatic heterocycles. The van der Waals surface area contributed by atoms with Crippen LogP contribution in [0, 0.1) is 12.8 Å². The van der Waals surface area contributed by atoms with Gasteiger partial charge in [0.15, 0.2) is 5.65 Å². The molecule has 2 aliphatic rings. The van der Waals surface area contributed by atoms with E-state index in [-0.39, 0.29) is 36.3 Å². The largest absolute Gasteiger partial charge is 0.352 e. The number of carbonyl (C=O) groups is 1. The first-order valence-electron chi connectivity index (χ1n) is 10.7. The van der Waals surface area contributed by atoms with Crippen LogP contribution in [0.2, 0.25) is 0 Å². The van der Waals surface area contributed by atoms with Gasteiger partial charge < -0.3 is 10.6 Å². The van der Waals surface area contributed by atoms with Crippen molar-refractivity contribution in [3.63, 3.8) is 0 Å². The van der Waals surface area contributed by atoms with Gasteiger partial charge in [-0.25, -0.2) is 9.67 Å². The molecule has 1 saturated carbocycles. The number of carbonyl (C=O) groups excluding carboxylic acids is 1. The highest BCUT2D eigenvalue weighted by atomic mass is 35.5. The van der Waals surface area contributed by atoms with Gasteiger partial charge in [0, 0.05) is 18.2 Å². The van der Waals surface area contributed by atoms with Gasteiger partial charge in [-0.05, 0) is 84.9 Å². The summed E-state index contributed by atoms with van der Waals surface area (Å²) in [4.78, 5) is 18.0. The predicted molar refractivity (Wildman–Crippen MR) is 126 cm³/mol. The van der Waals surface area contributed by atoms with E-state index < -0.39 is 0 Å². The Morgan fingerprint density at radius 1 is 1.27 bits per heavy atom. The molecule has 1 atom stereocenters. The summed E-state index contributed by atoms with van der Waals surface area (Å²) >= 11 is 0. The molecule has 2 fully saturated rings. The summed E-state index contributed by atoms with van der Waals surface area (Å²) in [7, 11) is 0. The van der Waals surface area contributed by atoms with Gasteiger partial charge in [-0.3, -0.25) is 4.79 Å². The lowest BCUT2D eigenvalue weighted by molar-refractivity contribution is 0.0952. The number of hydrogen-bond acceptors (Lipinski definition) is 4. The molecule has 0 bridgehead atoms. The van der Waals surface area contributed by atoms with E-state index in [0.717, 1.165) is 66.9 Å². The Labute approximate surface area is 191 Å². The fraction of sp³-hybridized carbons (Fsp3) is 0.682. The molecule has 8 heteroatoms. The molecular weight excluding hydrogens is 421 g/mol. The van der Waals surface area contributed by atoms with Crippen LogP contribution in [0.15, 0.2) is 6.07 Å². The minimum absolute atomic E-state index is 0. The van der Waals surface area contributed by atoms with Crippen LogP contribution >= 0.6 is 24.8 Å². The van der Waals surface area contributed by atoms with E-state index in [9.17, 15) is 4.79 Å². The summed E-state index contributed by atoms with van der Waals surface area (Å²) in [5, 5.41) is 12.3. The number of piperidine rings is 1. The fourth-order valence-corrected chi connectivity index (χ4v) is 4.20. The van der Waals surface area contributed by atoms with Crippen molar-refractivity contribution in [3.05, 3.63) is 23.0 Å². The first-order chi connectivity index (χ1) is 13.3. The van der Waals surface area contributed by atoms with Gasteiger partial charge in [0.1, 0.15) is 0 Å². The lowest BCUT2D eigenvalue weighted by atomic mass is 9.96. The Kier molecular flexibility index (Phi) is 8.16. The van der Waals surface area contributed by atoms with E-state index in [1.54, 1.807) is 0 Å². The van der Waals surface area contributed by atoms with E-state index in [4.69, 9.17) is 10.1 Å². The fourth-order valence-electron chi connectivity index (χ4n) is 4.20. The lowest BCUT2D eigenvalue weighted by Gasteiger charge is -2.22. The van der Waals surface area contributed by atoms with Crippen LogP contribution in [0.25, 0.3) is 11.0 Å². The maximum Gasteiger partial charge on any atom is 0.252 e. The van der Waals surface area contributed by atoms with Gasteiger partial charge in [-0.1, -0.05) is 0 Å². The van der Waals surface area contributed by atoms with Gasteiger partial charge in [0.2, 0.25) is 0 Å². The highest BCUT2D eigenvalue weighted by molar-refractivity contribution is 6.06. The molecule has 3 heterocycles. The third kappa shape index (κ3) is 5.27. The maximum absolute atomic E-state index is 13.1. The summed E-state index contributed by atoms with van der Waals surface area (Å²) in [5.74, 6) is 1.17. The number of fused-ring (bicyclic) bond motifs is 1. The molecule has 1 saturated heterocycles. The number of rotatable bonds is 5. The third-order valence-corrected chi connectivity index (χ3v) is 5.95. The molecule has 0 radical (unpaired) electrons. The first-order valence-corrected chi connectivity index (χ1v) is 10.7. The van der Waals surface area contributed by atoms with Gasteiger partial charge >= 0.3 is 0 Å². The van der Waals surface area contributed by atoms with Crippen LogP contribution in [-0.2, 0) is 5.54 Å². The minimum Gasteiger partial charge on any atom is -0.352 e. The van der Waals surface area contributed by atoms with Crippen molar-refractivity contribution in [3.8, 4) is 0 Å². The van der Waals surface area contributed by atoms with E-state index in [2.05, 4.69) is 31.4 Å². The highest BCUT2D eigenvalue weighted by Crippen LogP contribution is 2.41. The summed E-state index contributed by atoms with van der Waals surface area (Å²) < 4.78 is 1.98. The van der Waals surface area contributed by atoms with Gasteiger partial charge in [0.05, 0.1) is 22.2 Å². The second-order valence-electron chi connectivity index (χ2n) is 9.49. The number of pyridine rings is 1. The Hall–Kier alpha value is -1.37. The summed E-state index contributed by atoms with van der Waals surface area (Å²) in [6, 6.07) is 2.01. The van der Waals surface area contributed by atoms with Crippen LogP contribution in [0.5, 0.6) is 0 Å². The molecule has 1 amide bonds. The second-order valence-corrected chi connectivity index (χ2v) is 9.49. The van der Waals surface area contributed by atoms with Gasteiger partial charge in [0.25, 0.3) is 5.91 Å². The Balaban J connectivity index is 0.00000160. The number of nitrogens with zero attached hydrogens (tertiary/aromatic N) is 3. The van der Waals surface area contributed by atoms with Crippen LogP contribution < -0.4 is 10.6 Å². The average Bonchev–Trinajstić information content (AvgIpc) is 3.45. The Morgan fingerprint density at radius 3 is 2.60 bits per heavy atom. The highest BCUT2D eigenvalue weighted by Gasteiger charge is 2.30. The Morgan fingerprint density at radius 2 is 2.00 bits per heavy atom. The molecule has 2 aromatic rings. The van der Waals surface area contributed by atoms with Crippen molar-refractivity contribution in [2.75, 3.05) is 19.6 Å². The molecule has 2 N–H and O–H groups in total. The first kappa shape index (κ1) is 24.9. The zero-order valence-corrected chi connectivity index (χ0v) is 20.1. The Bertz CT molecular complexity index is 880. The lowest BCUT2D eigenvalue weighted by Crippen LogP contribution is -2.33. The maximum atomic E-state index is 13.1. The molecule has 4 rings (SSSR count). The number of amides is 1. The quantitative estimate of drug-likeness (QED) is 0.703. The third-order valence-electron chi connectivity index (χ3n) is 5.95. The normalized spacial score (nSPS) is 19.1. The smallest absolute Gasteiger partial charge is 0.252 e. The van der Waals surface area contributed by atoms with Crippen molar-refractivity contribution >= 4 is 41.8 Å². The van der Waals surface area contributed by atoms with E-state index in [1.807, 2.05) is 17.7 Å². The zero-order chi connectivity index (χ0) is 19.9. The SMILES string of the molecule is Cc1nn(C(C)(C)C)c2nc(C3CC3)cc(C(=O)NCCC3CCCNC3)c12.Cl.Cl. The number of aromatic nitrogens is 3. The number of nitrogens with one attached hydrogen (secondary N) is 2. The molecule has 1 aliphatic carbocycles. The average molecular weight is 456 g/mol. The number of halogens is 2. The summed E-state index contributed by atoms with van der Waals surface area (Å²) in [5.41, 5.74) is 3.32. The van der Waals surface area contributed by atoms with E-state index >= 15 is 0 Å². The van der Waals surface area contributed by atoms with Crippen molar-refractivity contribution in [1.82, 2.24) is 25.4 Å². The molecule has 1 unspecified atom stereocenters. The van der Waals surface area contributed by atoms with E-state index in [1.165, 1.54) is 12.8 Å². The second kappa shape index (κ2) is 9.84. The summed E-state index contributed by atoms with van der Waals surface area (Å²) in [6.07, 6.45) is 5.85. The molecule has 30 heavy (non-hydrogen) atoms. The van der Waals surface area contributed by atoms with Crippen LogP contribution in [-0.4, -0.2) is 40.3 Å². The summed E-state index contributed by atoms with van der Waals surface area (Å²) in [6.45, 7) is 11.3. The van der Waals surface area contributed by atoms with Crippen molar-refractivity contribution in [2.24, 2.45) is 5.92 Å². The van der Waals surface area contributed by atoms with E-state index in [0.29, 0.717) is 11.8 Å². The zero-order valence-electron chi connectivity index (χ0n) is 18.5. The van der Waals surface area contributed by atoms with Crippen LogP contribution in [0.4, 0.5) is 0 Å². The molecular formula is C22H35Cl2N5O. The van der Waals surface area contributed by atoms with Crippen LogP contribution in [0.1, 0.15) is 80.5 Å². The van der Waals surface area contributed by atoms with Crippen LogP contribution in [0.3, 0.4) is 0 Å². The topological polar surface area (TPSA) is 71.8 Å².